The van der Waals surface area contributed by atoms with Crippen LogP contribution in [0.2, 0.25) is 0 Å². The summed E-state index contributed by atoms with van der Waals surface area (Å²) < 4.78 is 6.91. The normalized spacial score (nSPS) is 13.0. The molecule has 5 nitrogen and oxygen atoms in total. The van der Waals surface area contributed by atoms with Crippen LogP contribution in [0.3, 0.4) is 0 Å². The highest BCUT2D eigenvalue weighted by atomic mass is 16.5. The molecule has 0 aliphatic carbocycles. The van der Waals surface area contributed by atoms with Crippen molar-refractivity contribution in [1.82, 2.24) is 9.78 Å². The third-order valence-electron chi connectivity index (χ3n) is 3.54. The maximum absolute atomic E-state index is 11.6. The van der Waals surface area contributed by atoms with E-state index in [-0.39, 0.29) is 17.6 Å². The summed E-state index contributed by atoms with van der Waals surface area (Å²) in [5, 5.41) is 13.5. The second kappa shape index (κ2) is 6.32. The summed E-state index contributed by atoms with van der Waals surface area (Å²) in [5.74, 6) is 0.349. The van der Waals surface area contributed by atoms with Crippen molar-refractivity contribution in [3.05, 3.63) is 58.0 Å². The number of rotatable bonds is 4. The molecule has 1 unspecified atom stereocenters. The zero-order chi connectivity index (χ0) is 16.3. The fourth-order valence-corrected chi connectivity index (χ4v) is 2.09. The second-order valence-corrected chi connectivity index (χ2v) is 6.31. The van der Waals surface area contributed by atoms with Gasteiger partial charge in [-0.15, -0.1) is 0 Å². The Bertz CT molecular complexity index is 684. The molecule has 0 aliphatic heterocycles. The van der Waals surface area contributed by atoms with E-state index in [4.69, 9.17) is 4.74 Å². The molecule has 1 heterocycles. The highest BCUT2D eigenvalue weighted by molar-refractivity contribution is 5.29. The Morgan fingerprint density at radius 3 is 2.41 bits per heavy atom. The van der Waals surface area contributed by atoms with Gasteiger partial charge in [0.05, 0.1) is 12.8 Å². The van der Waals surface area contributed by atoms with Crippen molar-refractivity contribution in [3.63, 3.8) is 0 Å². The van der Waals surface area contributed by atoms with Gasteiger partial charge in [-0.1, -0.05) is 45.0 Å². The van der Waals surface area contributed by atoms with Gasteiger partial charge in [-0.25, -0.2) is 4.68 Å². The first-order chi connectivity index (χ1) is 10.3. The Morgan fingerprint density at radius 1 is 1.27 bits per heavy atom. The average molecular weight is 302 g/mol. The summed E-state index contributed by atoms with van der Waals surface area (Å²) in [4.78, 5) is 11.6. The highest BCUT2D eigenvalue weighted by Crippen LogP contribution is 2.25. The van der Waals surface area contributed by atoms with Gasteiger partial charge in [0, 0.05) is 13.1 Å². The number of aromatic nitrogens is 2. The number of nitrogens with zero attached hydrogens (tertiary/aromatic N) is 2. The van der Waals surface area contributed by atoms with Gasteiger partial charge in [0.1, 0.15) is 11.9 Å². The van der Waals surface area contributed by atoms with Crippen LogP contribution in [-0.2, 0) is 12.5 Å². The van der Waals surface area contributed by atoms with Crippen LogP contribution >= 0.6 is 0 Å². The Balaban J connectivity index is 2.21. The number of hydrogen-bond donors (Lipinski definition) is 1. The molecule has 1 atom stereocenters. The minimum atomic E-state index is -0.525. The van der Waals surface area contributed by atoms with E-state index in [0.717, 1.165) is 5.56 Å². The molecule has 2 rings (SSSR count). The topological polar surface area (TPSA) is 64.3 Å². The van der Waals surface area contributed by atoms with Crippen LogP contribution in [0.4, 0.5) is 0 Å². The maximum Gasteiger partial charge on any atom is 0.270 e. The lowest BCUT2D eigenvalue weighted by Gasteiger charge is -2.21. The van der Waals surface area contributed by atoms with E-state index in [9.17, 15) is 9.90 Å². The van der Waals surface area contributed by atoms with E-state index in [2.05, 4.69) is 25.9 Å². The minimum Gasteiger partial charge on any atom is -0.481 e. The van der Waals surface area contributed by atoms with Crippen LogP contribution in [0.1, 0.15) is 38.0 Å². The molecule has 0 aliphatic rings. The summed E-state index contributed by atoms with van der Waals surface area (Å²) >= 11 is 0. The van der Waals surface area contributed by atoms with Gasteiger partial charge < -0.3 is 9.84 Å². The molecule has 118 valence electrons. The molecule has 2 aromatic rings. The van der Waals surface area contributed by atoms with Gasteiger partial charge in [-0.3, -0.25) is 4.79 Å². The summed E-state index contributed by atoms with van der Waals surface area (Å²) in [7, 11) is 1.57. The fraction of sp³-hybridized carbons (Fsp3) is 0.412. The number of aliphatic hydroxyl groups excluding tert-OH is 1. The van der Waals surface area contributed by atoms with Gasteiger partial charge in [0.25, 0.3) is 5.56 Å². The number of ether oxygens (including phenoxy) is 1. The number of hydrogen-bond acceptors (Lipinski definition) is 4. The van der Waals surface area contributed by atoms with Gasteiger partial charge in [-0.2, -0.15) is 5.10 Å². The smallest absolute Gasteiger partial charge is 0.270 e. The van der Waals surface area contributed by atoms with Gasteiger partial charge in [-0.05, 0) is 16.5 Å². The van der Waals surface area contributed by atoms with Crippen LogP contribution in [0.15, 0.2) is 41.3 Å². The SMILES string of the molecule is Cn1ncc(OC(CO)c2ccc(C(C)(C)C)cc2)cc1=O. The van der Waals surface area contributed by atoms with E-state index in [0.29, 0.717) is 5.75 Å². The molecular formula is C17H22N2O3. The molecule has 0 amide bonds. The molecule has 0 spiro atoms. The van der Waals surface area contributed by atoms with Crippen molar-refractivity contribution in [2.45, 2.75) is 32.3 Å². The Labute approximate surface area is 130 Å². The molecule has 1 N–H and O–H groups in total. The van der Waals surface area contributed by atoms with Crippen LogP contribution < -0.4 is 10.3 Å². The van der Waals surface area contributed by atoms with Gasteiger partial charge in [0.15, 0.2) is 0 Å². The summed E-state index contributed by atoms with van der Waals surface area (Å²) in [6.45, 7) is 6.26. The van der Waals surface area contributed by atoms with E-state index in [1.807, 2.05) is 24.3 Å². The lowest BCUT2D eigenvalue weighted by Crippen LogP contribution is -2.20. The monoisotopic (exact) mass is 302 g/mol. The molecule has 0 fully saturated rings. The van der Waals surface area contributed by atoms with Gasteiger partial charge >= 0.3 is 0 Å². The first-order valence-electron chi connectivity index (χ1n) is 7.22. The lowest BCUT2D eigenvalue weighted by molar-refractivity contribution is 0.115. The molecular weight excluding hydrogens is 280 g/mol. The zero-order valence-electron chi connectivity index (χ0n) is 13.4. The molecule has 22 heavy (non-hydrogen) atoms. The number of aliphatic hydroxyl groups is 1. The second-order valence-electron chi connectivity index (χ2n) is 6.31. The molecule has 0 saturated heterocycles. The minimum absolute atomic E-state index is 0.0731. The van der Waals surface area contributed by atoms with Crippen molar-refractivity contribution >= 4 is 0 Å². The Morgan fingerprint density at radius 2 is 1.91 bits per heavy atom. The van der Waals surface area contributed by atoms with Crippen LogP contribution in [0, 0.1) is 0 Å². The van der Waals surface area contributed by atoms with Crippen LogP contribution in [0.25, 0.3) is 0 Å². The molecule has 1 aromatic carbocycles. The van der Waals surface area contributed by atoms with Crippen molar-refractivity contribution in [1.29, 1.82) is 0 Å². The third-order valence-corrected chi connectivity index (χ3v) is 3.54. The van der Waals surface area contributed by atoms with Crippen molar-refractivity contribution in [2.24, 2.45) is 7.05 Å². The third kappa shape index (κ3) is 3.74. The summed E-state index contributed by atoms with van der Waals surface area (Å²) in [6, 6.07) is 9.30. The van der Waals surface area contributed by atoms with E-state index < -0.39 is 6.10 Å². The largest absolute Gasteiger partial charge is 0.481 e. The average Bonchev–Trinajstić information content (AvgIpc) is 2.47. The summed E-state index contributed by atoms with van der Waals surface area (Å²) in [6.07, 6.45) is 0.941. The predicted octanol–water partition coefficient (Wildman–Crippen LogP) is 2.19. The fourth-order valence-electron chi connectivity index (χ4n) is 2.09. The molecule has 0 saturated carbocycles. The van der Waals surface area contributed by atoms with Crippen LogP contribution in [-0.4, -0.2) is 21.5 Å². The molecule has 1 aromatic heterocycles. The molecule has 0 radical (unpaired) electrons. The quantitative estimate of drug-likeness (QED) is 0.940. The Hall–Kier alpha value is -2.14. The van der Waals surface area contributed by atoms with Crippen molar-refractivity contribution in [2.75, 3.05) is 6.61 Å². The van der Waals surface area contributed by atoms with E-state index in [1.165, 1.54) is 22.5 Å². The summed E-state index contributed by atoms with van der Waals surface area (Å²) in [5.41, 5.74) is 1.89. The highest BCUT2D eigenvalue weighted by Gasteiger charge is 2.16. The Kier molecular flexibility index (Phi) is 4.66. The van der Waals surface area contributed by atoms with E-state index in [1.54, 1.807) is 7.05 Å². The van der Waals surface area contributed by atoms with Crippen molar-refractivity contribution in [3.8, 4) is 5.75 Å². The molecule has 0 bridgehead atoms. The van der Waals surface area contributed by atoms with Crippen molar-refractivity contribution < 1.29 is 9.84 Å². The standard InChI is InChI=1S/C17H22N2O3/c1-17(2,3)13-7-5-12(6-8-13)15(11-20)22-14-9-16(21)19(4)18-10-14/h5-10,15,20H,11H2,1-4H3. The maximum atomic E-state index is 11.6. The zero-order valence-corrected chi connectivity index (χ0v) is 13.4. The predicted molar refractivity (Wildman–Crippen MR) is 85.1 cm³/mol. The number of aryl methyl sites for hydroxylation is 1. The lowest BCUT2D eigenvalue weighted by atomic mass is 9.86. The van der Waals surface area contributed by atoms with Gasteiger partial charge in [0.2, 0.25) is 0 Å². The first kappa shape index (κ1) is 16.2. The van der Waals surface area contributed by atoms with Crippen LogP contribution in [0.5, 0.6) is 5.75 Å². The molecule has 5 heteroatoms. The van der Waals surface area contributed by atoms with E-state index >= 15 is 0 Å². The first-order valence-corrected chi connectivity index (χ1v) is 7.22. The number of benzene rings is 1.